The van der Waals surface area contributed by atoms with E-state index in [1.165, 1.54) is 18.2 Å². The van der Waals surface area contributed by atoms with Crippen molar-refractivity contribution in [2.45, 2.75) is 116 Å². The van der Waals surface area contributed by atoms with Crippen LogP contribution in [0.1, 0.15) is 92.2 Å². The van der Waals surface area contributed by atoms with Gasteiger partial charge in [0.05, 0.1) is 16.6 Å². The fourth-order valence-corrected chi connectivity index (χ4v) is 6.22. The maximum absolute atomic E-state index is 13.4. The third kappa shape index (κ3) is 12.9. The zero-order valence-corrected chi connectivity index (χ0v) is 27.2. The van der Waals surface area contributed by atoms with Gasteiger partial charge in [-0.3, -0.25) is 0 Å². The number of ether oxygens (including phenoxy) is 2. The van der Waals surface area contributed by atoms with Crippen LogP contribution in [-0.2, 0) is 30.3 Å². The smallest absolute Gasteiger partial charge is 0.416 e. The molecule has 0 saturated heterocycles. The van der Waals surface area contributed by atoms with E-state index in [1.54, 1.807) is 55.4 Å². The lowest BCUT2D eigenvalue weighted by molar-refractivity contribution is -0.148. The van der Waals surface area contributed by atoms with Crippen molar-refractivity contribution in [2.75, 3.05) is 12.3 Å². The van der Waals surface area contributed by atoms with Crippen molar-refractivity contribution in [2.24, 2.45) is 5.92 Å². The summed E-state index contributed by atoms with van der Waals surface area (Å²) in [6.07, 6.45) is -2.14. The number of carbonyl (C=O) groups is 2. The zero-order valence-electron chi connectivity index (χ0n) is 26.4. The van der Waals surface area contributed by atoms with E-state index in [0.29, 0.717) is 24.8 Å². The molecule has 2 rings (SSSR count). The first kappa shape index (κ1) is 36.6. The summed E-state index contributed by atoms with van der Waals surface area (Å²) < 4.78 is 76.8. The highest BCUT2D eigenvalue weighted by Crippen LogP contribution is 2.32. The normalized spacial score (nSPS) is 20.6. The Kier molecular flexibility index (Phi) is 12.3. The molecule has 0 radical (unpaired) electrons. The minimum absolute atomic E-state index is 0.0803. The average molecular weight is 633 g/mol. The predicted octanol–water partition coefficient (Wildman–Crippen LogP) is 6.30. The Morgan fingerprint density at radius 3 is 2.21 bits per heavy atom. The van der Waals surface area contributed by atoms with Gasteiger partial charge in [-0.25, -0.2) is 18.0 Å². The predicted molar refractivity (Wildman–Crippen MR) is 161 cm³/mol. The number of hydrogen-bond acceptors (Lipinski definition) is 7. The van der Waals surface area contributed by atoms with Gasteiger partial charge in [-0.1, -0.05) is 12.1 Å². The second-order valence-electron chi connectivity index (χ2n) is 13.4. The highest BCUT2D eigenvalue weighted by Gasteiger charge is 2.36. The number of benzene rings is 1. The van der Waals surface area contributed by atoms with Gasteiger partial charge in [0.1, 0.15) is 11.2 Å². The monoisotopic (exact) mass is 632 g/mol. The second-order valence-corrected chi connectivity index (χ2v) is 16.0. The molecule has 0 bridgehead atoms. The van der Waals surface area contributed by atoms with Crippen molar-refractivity contribution in [3.8, 4) is 0 Å². The van der Waals surface area contributed by atoms with E-state index in [-0.39, 0.29) is 42.3 Å². The summed E-state index contributed by atoms with van der Waals surface area (Å²) >= 11 is 0. The number of carbonyl (C=O) groups excluding carboxylic acids is 2. The van der Waals surface area contributed by atoms with Crippen molar-refractivity contribution in [1.29, 1.82) is 0 Å². The average Bonchev–Trinajstić information content (AvgIpc) is 2.81. The van der Waals surface area contributed by atoms with Gasteiger partial charge in [0.25, 0.3) is 0 Å². The molecule has 8 nitrogen and oxygen atoms in total. The molecular weight excluding hydrogens is 585 g/mol. The summed E-state index contributed by atoms with van der Waals surface area (Å²) in [5.41, 5.74) is -1.69. The highest BCUT2D eigenvalue weighted by molar-refractivity contribution is 7.91. The van der Waals surface area contributed by atoms with Crippen LogP contribution in [0.5, 0.6) is 0 Å². The molecule has 43 heavy (non-hydrogen) atoms. The van der Waals surface area contributed by atoms with Crippen molar-refractivity contribution in [1.82, 2.24) is 10.6 Å². The second kappa shape index (κ2) is 14.5. The van der Waals surface area contributed by atoms with E-state index in [2.05, 4.69) is 10.6 Å². The fraction of sp³-hybridized carbons (Fsp3) is 0.677. The molecular formula is C31H47F3N2O6S. The van der Waals surface area contributed by atoms with E-state index >= 15 is 0 Å². The van der Waals surface area contributed by atoms with E-state index in [0.717, 1.165) is 12.1 Å². The van der Waals surface area contributed by atoms with Gasteiger partial charge in [-0.15, -0.1) is 0 Å². The van der Waals surface area contributed by atoms with Crippen LogP contribution in [0.3, 0.4) is 0 Å². The van der Waals surface area contributed by atoms with Crippen molar-refractivity contribution < 1.29 is 40.7 Å². The largest absolute Gasteiger partial charge is 0.457 e. The van der Waals surface area contributed by atoms with E-state index in [4.69, 9.17) is 9.47 Å². The number of amides is 1. The summed E-state index contributed by atoms with van der Waals surface area (Å²) in [5, 5.41) is 5.67. The molecule has 1 aromatic rings. The SMILES string of the molecule is CC(C)S(=O)(=O)C[C@@H]1C[C@@H](NC(=O)OC(C)(C)C)CC[C@H]1NCC/C(=C/C(=O)OC(C)(C)C)c1cccc(C(F)(F)F)c1. The van der Waals surface area contributed by atoms with Gasteiger partial charge in [-0.2, -0.15) is 13.2 Å². The van der Waals surface area contributed by atoms with Crippen LogP contribution in [0.2, 0.25) is 0 Å². The lowest BCUT2D eigenvalue weighted by Crippen LogP contribution is -2.50. The zero-order chi connectivity index (χ0) is 32.8. The third-order valence-electron chi connectivity index (χ3n) is 6.93. The molecule has 0 spiro atoms. The number of esters is 1. The van der Waals surface area contributed by atoms with E-state index < -0.39 is 50.1 Å². The number of halogens is 3. The maximum Gasteiger partial charge on any atom is 0.416 e. The number of rotatable bonds is 10. The fourth-order valence-electron chi connectivity index (χ4n) is 4.87. The van der Waals surface area contributed by atoms with Gasteiger partial charge in [0, 0.05) is 18.2 Å². The van der Waals surface area contributed by atoms with Crippen LogP contribution in [0, 0.1) is 5.92 Å². The summed E-state index contributed by atoms with van der Waals surface area (Å²) in [5.74, 6) is -1.08. The molecule has 0 unspecified atom stereocenters. The van der Waals surface area contributed by atoms with Crippen molar-refractivity contribution in [3.05, 3.63) is 41.5 Å². The van der Waals surface area contributed by atoms with Crippen molar-refractivity contribution in [3.63, 3.8) is 0 Å². The van der Waals surface area contributed by atoms with Gasteiger partial charge in [0.15, 0.2) is 9.84 Å². The molecule has 244 valence electrons. The van der Waals surface area contributed by atoms with Crippen molar-refractivity contribution >= 4 is 27.5 Å². The molecule has 1 saturated carbocycles. The standard InChI is InChI=1S/C31H47F3N2O6S/c1-20(2)43(39,40)19-23-17-25(36-28(38)42-30(6,7)8)12-13-26(23)35-15-14-22(18-27(37)41-29(3,4)5)21-10-9-11-24(16-21)31(32,33)34/h9-11,16,18,20,23,25-26,35H,12-15,17,19H2,1-8H3,(H,36,38)/b22-18-/t23-,25-,26+/m0/s1. The summed E-state index contributed by atoms with van der Waals surface area (Å²) in [6.45, 7) is 13.9. The first-order chi connectivity index (χ1) is 19.6. The number of hydrogen-bond donors (Lipinski definition) is 2. The van der Waals surface area contributed by atoms with Crippen LogP contribution in [0.25, 0.3) is 5.57 Å². The van der Waals surface area contributed by atoms with Crippen LogP contribution in [-0.4, -0.2) is 61.3 Å². The Hall–Kier alpha value is -2.60. The van der Waals surface area contributed by atoms with Crippen LogP contribution >= 0.6 is 0 Å². The Bertz CT molecular complexity index is 1250. The Morgan fingerprint density at radius 1 is 1.02 bits per heavy atom. The molecule has 0 heterocycles. The number of nitrogens with one attached hydrogen (secondary N) is 2. The third-order valence-corrected chi connectivity index (χ3v) is 9.26. The first-order valence-corrected chi connectivity index (χ1v) is 16.3. The van der Waals surface area contributed by atoms with E-state index in [9.17, 15) is 31.2 Å². The number of alkyl halides is 3. The van der Waals surface area contributed by atoms with E-state index in [1.807, 2.05) is 0 Å². The number of alkyl carbamates (subject to hydrolysis) is 1. The van der Waals surface area contributed by atoms with Crippen LogP contribution in [0.15, 0.2) is 30.3 Å². The molecule has 0 aliphatic heterocycles. The Morgan fingerprint density at radius 2 is 1.65 bits per heavy atom. The number of sulfone groups is 1. The molecule has 1 fully saturated rings. The first-order valence-electron chi connectivity index (χ1n) is 14.6. The molecule has 2 N–H and O–H groups in total. The quantitative estimate of drug-likeness (QED) is 0.230. The molecule has 1 aliphatic carbocycles. The van der Waals surface area contributed by atoms with Gasteiger partial charge >= 0.3 is 18.2 Å². The highest BCUT2D eigenvalue weighted by atomic mass is 32.2. The minimum Gasteiger partial charge on any atom is -0.457 e. The van der Waals surface area contributed by atoms with Crippen LogP contribution in [0.4, 0.5) is 18.0 Å². The summed E-state index contributed by atoms with van der Waals surface area (Å²) in [4.78, 5) is 25.0. The summed E-state index contributed by atoms with van der Waals surface area (Å²) in [6, 6.07) is 4.28. The molecule has 1 amide bonds. The van der Waals surface area contributed by atoms with Gasteiger partial charge < -0.3 is 20.1 Å². The molecule has 1 aromatic carbocycles. The van der Waals surface area contributed by atoms with Gasteiger partial charge in [0.2, 0.25) is 0 Å². The lowest BCUT2D eigenvalue weighted by Gasteiger charge is -2.37. The lowest BCUT2D eigenvalue weighted by atomic mass is 9.82. The minimum atomic E-state index is -4.55. The summed E-state index contributed by atoms with van der Waals surface area (Å²) in [7, 11) is -3.41. The van der Waals surface area contributed by atoms with Crippen LogP contribution < -0.4 is 10.6 Å². The molecule has 12 heteroatoms. The topological polar surface area (TPSA) is 111 Å². The maximum atomic E-state index is 13.4. The molecule has 0 aromatic heterocycles. The Balaban J connectivity index is 2.24. The molecule has 1 aliphatic rings. The Labute approximate surface area is 254 Å². The van der Waals surface area contributed by atoms with Gasteiger partial charge in [-0.05, 0) is 117 Å². The molecule has 3 atom stereocenters.